The predicted octanol–water partition coefficient (Wildman–Crippen LogP) is 1.60. The normalized spacial score (nSPS) is 45.6. The number of hydrogen-bond acceptors (Lipinski definition) is 34. The summed E-state index contributed by atoms with van der Waals surface area (Å²) in [4.78, 5) is 55.1. The molecule has 23 N–H and O–H groups in total. The van der Waals surface area contributed by atoms with Crippen molar-refractivity contribution in [3.63, 3.8) is 0 Å². The Labute approximate surface area is 761 Å². The Hall–Kier alpha value is -6.84. The van der Waals surface area contributed by atoms with Gasteiger partial charge in [0.05, 0.1) is 166 Å². The third-order valence-corrected chi connectivity index (χ3v) is 24.5. The van der Waals surface area contributed by atoms with E-state index in [1.165, 1.54) is 38.2 Å². The van der Waals surface area contributed by atoms with Crippen LogP contribution in [0.5, 0.6) is 0 Å². The van der Waals surface area contributed by atoms with Gasteiger partial charge in [-0.1, -0.05) is 198 Å². The second kappa shape index (κ2) is 55.9. The van der Waals surface area contributed by atoms with Crippen molar-refractivity contribution in [2.45, 2.75) is 353 Å². The molecule has 6 rings (SSSR count). The highest BCUT2D eigenvalue weighted by Gasteiger charge is 2.55. The van der Waals surface area contributed by atoms with Crippen molar-refractivity contribution in [3.8, 4) is 0 Å². The summed E-state index contributed by atoms with van der Waals surface area (Å²) in [6.07, 6.45) is -2.51. The van der Waals surface area contributed by atoms with Crippen molar-refractivity contribution >= 4 is 23.8 Å². The van der Waals surface area contributed by atoms with Gasteiger partial charge in [-0.15, -0.1) is 0 Å². The van der Waals surface area contributed by atoms with Crippen LogP contribution in [-0.4, -0.2) is 328 Å². The molecule has 6 heterocycles. The van der Waals surface area contributed by atoms with E-state index in [4.69, 9.17) is 48.4 Å². The Morgan fingerprint density at radius 3 is 1.08 bits per heavy atom. The summed E-state index contributed by atoms with van der Waals surface area (Å²) in [5, 5.41) is 232. The molecule has 6 aliphatic rings. The molecule has 0 aromatic heterocycles. The first-order valence-corrected chi connectivity index (χ1v) is 45.0. The van der Waals surface area contributed by atoms with E-state index in [0.717, 1.165) is 7.11 Å². The number of allylic oxidation sites excluding steroid dienone is 24. The van der Waals surface area contributed by atoms with E-state index in [1.54, 1.807) is 187 Å². The van der Waals surface area contributed by atoms with Crippen molar-refractivity contribution in [1.29, 1.82) is 0 Å². The van der Waals surface area contributed by atoms with Gasteiger partial charge in [-0.05, 0) is 66.2 Å². The van der Waals surface area contributed by atoms with Gasteiger partial charge in [-0.3, -0.25) is 19.2 Å². The summed E-state index contributed by atoms with van der Waals surface area (Å²) in [5.41, 5.74) is 6.27. The number of nitrogens with one attached hydrogen (secondary N) is 1. The zero-order chi connectivity index (χ0) is 96.3. The molecule has 4 bridgehead atoms. The third-order valence-electron chi connectivity index (χ3n) is 24.5. The summed E-state index contributed by atoms with van der Waals surface area (Å²) in [7, 11) is 1.03. The van der Waals surface area contributed by atoms with E-state index < -0.39 is 307 Å². The first-order chi connectivity index (χ1) is 61.4. The third kappa shape index (κ3) is 37.1. The van der Waals surface area contributed by atoms with Crippen molar-refractivity contribution in [2.75, 3.05) is 7.11 Å². The number of cyclic esters (lactones) is 2. The minimum absolute atomic E-state index is 0.194. The molecule has 130 heavy (non-hydrogen) atoms. The number of methoxy groups -OCH3 is 1. The average molecular weight is 1840 g/mol. The molecule has 35 heteroatoms. The second-order valence-corrected chi connectivity index (χ2v) is 35.4. The number of carbonyl (C=O) groups excluding carboxylic acids is 4. The highest BCUT2D eigenvalue weighted by Crippen LogP contribution is 2.42. The van der Waals surface area contributed by atoms with Gasteiger partial charge >= 0.3 is 17.9 Å². The summed E-state index contributed by atoms with van der Waals surface area (Å²) in [6.45, 7) is 13.1. The smallest absolute Gasteiger partial charge is 0.313 e. The molecular weight excluding hydrogens is 1700 g/mol. The zero-order valence-corrected chi connectivity index (χ0v) is 75.6. The van der Waals surface area contributed by atoms with Gasteiger partial charge in [-0.2, -0.15) is 0 Å². The van der Waals surface area contributed by atoms with Crippen LogP contribution in [0.1, 0.15) is 158 Å². The van der Waals surface area contributed by atoms with Gasteiger partial charge in [-0.25, -0.2) is 0 Å². The summed E-state index contributed by atoms with van der Waals surface area (Å²) in [6, 6.07) is -3.12. The quantitative estimate of drug-likeness (QED) is 0.127. The number of nitrogens with two attached hydrogens (primary N) is 1. The molecule has 0 saturated carbocycles. The van der Waals surface area contributed by atoms with E-state index in [2.05, 4.69) is 5.32 Å². The van der Waals surface area contributed by atoms with Crippen LogP contribution in [0, 0.1) is 35.5 Å². The molecule has 0 unspecified atom stereocenters. The number of aliphatic hydroxyl groups is 20. The SMILES string of the molecule is COC(=O)[C@H]1[C@@H]2C[C@@H](O[C@@H]3O[C@H](C)[C@@H](O)[C@H](NC(=O)[C@H]4[C@@H]5C[C@@H](O[C@@H]6O[C@H](C)[C@@H](O)[C@H](N)[C@@H]6O)/C=C/C=C/C=C/C=C/C=C/C=C/C=C/[C@H](C)[C@@H](O)[C@@H](C)[C@H](C)OC(=O)C[C@H](O)C[C@H](O)CC[C@@H](O)[C@H](O)C[C@H](O)C[C@](O)(C[C@@H]4O)O5)[C@@H]3O)/C=C/C=C/C=C/C=C/C=C/C=C/C=C/[C@H](C)[C@@H](O)[C@@H](C)[C@H](C)OC(=O)C[C@H](O)C[C@H](O)CC[C@@H](O)[C@H](O)C[C@H](O)C[C@](O)(C[C@@H]1O)O2. The standard InChI is InChI=1S/C95H146N2O33/c1-54-34-30-26-22-18-14-10-12-16-20-24-28-32-36-68(127-92-88(116)82(96)86(114)60(7)125-92)48-76-80(74(108)52-94(120,129-76)50-66(102)44-72(106)70(104)40-38-62(98)42-64(100)46-78(110)123-58(5)56(3)84(54)112)90(118)97-83-87(115)61(8)126-93(89(83)117)128-69-37-33-29-25-21-17-13-11-15-19-23-27-31-35-55(2)85(113)57(4)59(6)124-79(111)47-65(101)43-63(99)39-41-71(105)73(107)45-67(103)51-95(121)53-75(109)81(91(119)122-9)77(49-69)130-95/h10-37,54-77,80-89,92-93,98-109,112-117,120-121H,38-53,96H2,1-9H3,(H,97,118)/b12-10+,13-11+,18-14+,19-15+,20-16+,21-17+,26-22+,27-23+,28-24+,29-25+,34-30+,35-31+,36-32+,37-33+/t54-,55-,56-,57-,58-,59-,60+,61+,62+,63+,64+,65+,66-,67-,68-,69-,70+,71+,72+,73+,74-,75-,76-,77-,80+,81+,82-,83-,84+,85+,86+,87+,88-,89-,92-,93-,94+,95+/m0/s1. The van der Waals surface area contributed by atoms with Crippen molar-refractivity contribution in [2.24, 2.45) is 41.2 Å². The molecule has 0 aromatic rings. The zero-order valence-electron chi connectivity index (χ0n) is 75.6. The van der Waals surface area contributed by atoms with Crippen LogP contribution in [0.25, 0.3) is 0 Å². The number of amides is 1. The molecule has 0 aromatic carbocycles. The Balaban J connectivity index is 1.34. The number of aliphatic hydroxyl groups excluding tert-OH is 18. The minimum atomic E-state index is -2.61. The molecule has 0 aliphatic carbocycles. The topological polar surface area (TPSA) is 594 Å². The number of carbonyl (C=O) groups is 4. The lowest BCUT2D eigenvalue weighted by atomic mass is 9.81. The number of rotatable bonds is 7. The van der Waals surface area contributed by atoms with E-state index in [1.807, 2.05) is 0 Å². The second-order valence-electron chi connectivity index (χ2n) is 35.4. The Morgan fingerprint density at radius 2 is 0.708 bits per heavy atom. The van der Waals surface area contributed by atoms with Gasteiger partial charge in [0.2, 0.25) is 5.91 Å². The first kappa shape index (κ1) is 112. The Kier molecular flexibility index (Phi) is 48.1. The van der Waals surface area contributed by atoms with Crippen molar-refractivity contribution in [1.82, 2.24) is 5.32 Å². The summed E-state index contributed by atoms with van der Waals surface area (Å²) < 4.78 is 53.8. The monoisotopic (exact) mass is 1840 g/mol. The molecule has 734 valence electrons. The van der Waals surface area contributed by atoms with E-state index in [0.29, 0.717) is 0 Å². The fraction of sp³-hybridized carbons (Fsp3) is 0.663. The number of ether oxygens (including phenoxy) is 9. The van der Waals surface area contributed by atoms with Crippen LogP contribution in [0.4, 0.5) is 0 Å². The summed E-state index contributed by atoms with van der Waals surface area (Å²) in [5.74, 6) is -14.1. The lowest BCUT2D eigenvalue weighted by molar-refractivity contribution is -0.309. The molecular formula is C95H146N2O33. The minimum Gasteiger partial charge on any atom is -0.469 e. The maximum absolute atomic E-state index is 15.4. The number of fused-ring (bicyclic) bond motifs is 4. The fourth-order valence-electron chi connectivity index (χ4n) is 16.5. The van der Waals surface area contributed by atoms with Crippen LogP contribution in [-0.2, 0) is 61.8 Å². The van der Waals surface area contributed by atoms with Gasteiger partial charge in [0.25, 0.3) is 0 Å². The van der Waals surface area contributed by atoms with Crippen molar-refractivity contribution < 1.29 is 164 Å². The van der Waals surface area contributed by atoms with Crippen LogP contribution < -0.4 is 11.1 Å². The Morgan fingerprint density at radius 1 is 0.369 bits per heavy atom. The molecule has 0 radical (unpaired) electrons. The van der Waals surface area contributed by atoms with E-state index in [9.17, 15) is 117 Å². The predicted molar refractivity (Wildman–Crippen MR) is 475 cm³/mol. The summed E-state index contributed by atoms with van der Waals surface area (Å²) >= 11 is 0. The Bertz CT molecular complexity index is 3840. The van der Waals surface area contributed by atoms with Gasteiger partial charge in [0.15, 0.2) is 24.2 Å². The van der Waals surface area contributed by atoms with Crippen LogP contribution in [0.2, 0.25) is 0 Å². The van der Waals surface area contributed by atoms with Crippen LogP contribution >= 0.6 is 0 Å². The molecule has 4 fully saturated rings. The fourth-order valence-corrected chi connectivity index (χ4v) is 16.5. The van der Waals surface area contributed by atoms with Crippen molar-refractivity contribution in [3.05, 3.63) is 170 Å². The number of hydrogen-bond donors (Lipinski definition) is 22. The highest BCUT2D eigenvalue weighted by molar-refractivity contribution is 5.80. The maximum atomic E-state index is 15.4. The molecule has 0 spiro atoms. The average Bonchev–Trinajstić information content (AvgIpc) is 0.776. The molecule has 1 amide bonds. The molecule has 35 nitrogen and oxygen atoms in total. The molecule has 4 saturated heterocycles. The molecule has 6 aliphatic heterocycles. The van der Waals surface area contributed by atoms with Gasteiger partial charge in [0.1, 0.15) is 36.4 Å². The molecule has 38 atom stereocenters. The van der Waals surface area contributed by atoms with Gasteiger partial charge < -0.3 is 156 Å². The van der Waals surface area contributed by atoms with E-state index >= 15 is 4.79 Å². The largest absolute Gasteiger partial charge is 0.469 e. The maximum Gasteiger partial charge on any atom is 0.313 e. The lowest BCUT2D eigenvalue weighted by Gasteiger charge is -2.47. The van der Waals surface area contributed by atoms with Crippen LogP contribution in [0.15, 0.2) is 170 Å². The lowest BCUT2D eigenvalue weighted by Crippen LogP contribution is -2.66. The number of esters is 3. The van der Waals surface area contributed by atoms with Crippen LogP contribution in [0.3, 0.4) is 0 Å². The first-order valence-electron chi connectivity index (χ1n) is 45.0. The van der Waals surface area contributed by atoms with Gasteiger partial charge in [0, 0.05) is 75.0 Å². The highest BCUT2D eigenvalue weighted by atomic mass is 16.7. The van der Waals surface area contributed by atoms with E-state index in [-0.39, 0.29) is 50.4 Å².